The summed E-state index contributed by atoms with van der Waals surface area (Å²) < 4.78 is 7.10. The minimum atomic E-state index is -0.718. The summed E-state index contributed by atoms with van der Waals surface area (Å²) in [4.78, 5) is 36.1. The largest absolute Gasteiger partial charge is 0.495 e. The lowest BCUT2D eigenvalue weighted by Gasteiger charge is -2.08. The summed E-state index contributed by atoms with van der Waals surface area (Å²) in [6.45, 7) is 0. The van der Waals surface area contributed by atoms with Crippen LogP contribution in [-0.2, 0) is 18.9 Å². The van der Waals surface area contributed by atoms with Gasteiger partial charge < -0.3 is 14.6 Å². The summed E-state index contributed by atoms with van der Waals surface area (Å²) in [5.41, 5.74) is -1.03. The predicted molar refractivity (Wildman–Crippen MR) is 97.1 cm³/mol. The van der Waals surface area contributed by atoms with Gasteiger partial charge in [0, 0.05) is 26.0 Å². The Morgan fingerprint density at radius 3 is 2.62 bits per heavy atom. The first kappa shape index (κ1) is 19.0. The molecule has 0 radical (unpaired) electrons. The highest BCUT2D eigenvalue weighted by molar-refractivity contribution is 6.32. The van der Waals surface area contributed by atoms with Crippen LogP contribution in [0.2, 0.25) is 5.02 Å². The molecule has 0 saturated carbocycles. The van der Waals surface area contributed by atoms with Crippen molar-refractivity contribution >= 4 is 29.3 Å². The first-order chi connectivity index (χ1) is 12.3. The Kier molecular flexibility index (Phi) is 5.64. The van der Waals surface area contributed by atoms with Crippen molar-refractivity contribution in [1.82, 2.24) is 9.13 Å². The molecule has 2 rings (SSSR count). The number of halogens is 1. The van der Waals surface area contributed by atoms with Crippen LogP contribution in [0.15, 0.2) is 39.6 Å². The smallest absolute Gasteiger partial charge is 0.330 e. The van der Waals surface area contributed by atoms with E-state index >= 15 is 0 Å². The maximum Gasteiger partial charge on any atom is 0.330 e. The molecule has 26 heavy (non-hydrogen) atoms. The van der Waals surface area contributed by atoms with Crippen LogP contribution in [0.5, 0.6) is 5.75 Å². The van der Waals surface area contributed by atoms with Crippen molar-refractivity contribution in [1.29, 1.82) is 5.26 Å². The molecule has 1 aromatic heterocycles. The number of nitrogens with one attached hydrogen (secondary N) is 1. The fraction of sp³-hybridized carbons (Fsp3) is 0.176. The second-order valence-electron chi connectivity index (χ2n) is 5.32. The highest BCUT2D eigenvalue weighted by Crippen LogP contribution is 2.27. The first-order valence-corrected chi connectivity index (χ1v) is 7.69. The molecule has 8 nitrogen and oxygen atoms in total. The number of hydrogen-bond donors (Lipinski definition) is 1. The molecule has 134 valence electrons. The third-order valence-corrected chi connectivity index (χ3v) is 3.84. The van der Waals surface area contributed by atoms with Crippen LogP contribution in [0.1, 0.15) is 5.56 Å². The summed E-state index contributed by atoms with van der Waals surface area (Å²) in [7, 11) is 4.24. The van der Waals surface area contributed by atoms with Gasteiger partial charge in [-0.05, 0) is 24.3 Å². The molecule has 1 amide bonds. The monoisotopic (exact) mass is 374 g/mol. The van der Waals surface area contributed by atoms with Crippen molar-refractivity contribution in [3.05, 3.63) is 61.4 Å². The average molecular weight is 375 g/mol. The number of nitriles is 1. The number of aryl methyl sites for hydroxylation is 1. The Balaban J connectivity index is 2.37. The zero-order valence-electron chi connectivity index (χ0n) is 14.2. The van der Waals surface area contributed by atoms with E-state index in [0.717, 1.165) is 10.6 Å². The van der Waals surface area contributed by atoms with Crippen LogP contribution in [-0.4, -0.2) is 22.2 Å². The van der Waals surface area contributed by atoms with Crippen LogP contribution >= 0.6 is 11.6 Å². The van der Waals surface area contributed by atoms with E-state index < -0.39 is 17.2 Å². The van der Waals surface area contributed by atoms with Crippen molar-refractivity contribution in [2.24, 2.45) is 14.1 Å². The molecule has 0 aliphatic rings. The maximum absolute atomic E-state index is 12.3. The number of nitrogens with zero attached hydrogens (tertiary/aromatic N) is 3. The summed E-state index contributed by atoms with van der Waals surface area (Å²) in [5.74, 6) is -0.279. The fourth-order valence-corrected chi connectivity index (χ4v) is 2.44. The number of aromatic nitrogens is 2. The van der Waals surface area contributed by atoms with Gasteiger partial charge in [-0.15, -0.1) is 0 Å². The lowest BCUT2D eigenvalue weighted by molar-refractivity contribution is -0.112. The number of carbonyl (C=O) groups is 1. The van der Waals surface area contributed by atoms with Crippen LogP contribution in [0.4, 0.5) is 5.69 Å². The average Bonchev–Trinajstić information content (AvgIpc) is 2.61. The van der Waals surface area contributed by atoms with Gasteiger partial charge in [-0.1, -0.05) is 11.6 Å². The summed E-state index contributed by atoms with van der Waals surface area (Å²) in [6.07, 6.45) is 2.39. The predicted octanol–water partition coefficient (Wildman–Crippen LogP) is 1.29. The van der Waals surface area contributed by atoms with Gasteiger partial charge in [-0.25, -0.2) is 4.79 Å². The van der Waals surface area contributed by atoms with Crippen LogP contribution in [0, 0.1) is 11.3 Å². The Hall–Kier alpha value is -3.31. The molecule has 1 N–H and O–H groups in total. The number of anilines is 1. The molecule has 1 heterocycles. The SMILES string of the molecule is COc1ccc(NC(=O)/C(C#N)=C/c2cn(C)c(=O)n(C)c2=O)cc1Cl. The van der Waals surface area contributed by atoms with Gasteiger partial charge in [0.05, 0.1) is 17.7 Å². The molecule has 0 unspecified atom stereocenters. The molecule has 9 heteroatoms. The summed E-state index contributed by atoms with van der Waals surface area (Å²) in [5, 5.41) is 12.1. The zero-order chi connectivity index (χ0) is 19.4. The highest BCUT2D eigenvalue weighted by Gasteiger charge is 2.13. The molecule has 2 aromatic rings. The summed E-state index contributed by atoms with van der Waals surface area (Å²) >= 11 is 5.99. The van der Waals surface area contributed by atoms with Crippen LogP contribution < -0.4 is 21.3 Å². The summed E-state index contributed by atoms with van der Waals surface area (Å²) in [6, 6.07) is 6.34. The van der Waals surface area contributed by atoms with Gasteiger partial charge >= 0.3 is 5.69 Å². The minimum Gasteiger partial charge on any atom is -0.495 e. The molecular weight excluding hydrogens is 360 g/mol. The molecule has 0 saturated heterocycles. The van der Waals surface area contributed by atoms with E-state index in [1.807, 2.05) is 0 Å². The minimum absolute atomic E-state index is 0.0362. The van der Waals surface area contributed by atoms with Crippen molar-refractivity contribution < 1.29 is 9.53 Å². The molecule has 0 aliphatic heterocycles. The highest BCUT2D eigenvalue weighted by atomic mass is 35.5. The van der Waals surface area contributed by atoms with E-state index in [0.29, 0.717) is 16.5 Å². The van der Waals surface area contributed by atoms with Crippen molar-refractivity contribution in [2.75, 3.05) is 12.4 Å². The molecule has 0 spiro atoms. The van der Waals surface area contributed by atoms with E-state index in [4.69, 9.17) is 16.3 Å². The number of carbonyl (C=O) groups excluding carboxylic acids is 1. The van der Waals surface area contributed by atoms with Gasteiger partial charge in [0.25, 0.3) is 11.5 Å². The quantitative estimate of drug-likeness (QED) is 0.641. The molecular formula is C17H15ClN4O4. The topological polar surface area (TPSA) is 106 Å². The fourth-order valence-electron chi connectivity index (χ4n) is 2.18. The number of methoxy groups -OCH3 is 1. The molecule has 0 aliphatic carbocycles. The Labute approximate surface area is 153 Å². The van der Waals surface area contributed by atoms with E-state index in [1.165, 1.54) is 38.0 Å². The van der Waals surface area contributed by atoms with Crippen molar-refractivity contribution in [3.63, 3.8) is 0 Å². The lowest BCUT2D eigenvalue weighted by Crippen LogP contribution is -2.37. The molecule has 0 bridgehead atoms. The number of rotatable bonds is 4. The molecule has 1 aromatic carbocycles. The second-order valence-corrected chi connectivity index (χ2v) is 5.72. The third-order valence-electron chi connectivity index (χ3n) is 3.55. The normalized spacial score (nSPS) is 11.0. The molecule has 0 atom stereocenters. The zero-order valence-corrected chi connectivity index (χ0v) is 15.0. The number of ether oxygens (including phenoxy) is 1. The number of amides is 1. The van der Waals surface area contributed by atoms with Crippen molar-refractivity contribution in [3.8, 4) is 11.8 Å². The van der Waals surface area contributed by atoms with E-state index in [9.17, 15) is 19.6 Å². The van der Waals surface area contributed by atoms with Gasteiger partial charge in [0.2, 0.25) is 0 Å². The molecule has 0 fully saturated rings. The van der Waals surface area contributed by atoms with Gasteiger partial charge in [0.1, 0.15) is 17.4 Å². The van der Waals surface area contributed by atoms with Crippen molar-refractivity contribution in [2.45, 2.75) is 0 Å². The van der Waals surface area contributed by atoms with Gasteiger partial charge in [0.15, 0.2) is 0 Å². The van der Waals surface area contributed by atoms with Gasteiger partial charge in [-0.2, -0.15) is 5.26 Å². The number of hydrogen-bond acceptors (Lipinski definition) is 5. The second kappa shape index (κ2) is 7.72. The van der Waals surface area contributed by atoms with Crippen LogP contribution in [0.3, 0.4) is 0 Å². The Morgan fingerprint density at radius 1 is 1.35 bits per heavy atom. The van der Waals surface area contributed by atoms with E-state index in [2.05, 4.69) is 5.32 Å². The Morgan fingerprint density at radius 2 is 2.04 bits per heavy atom. The van der Waals surface area contributed by atoms with E-state index in [1.54, 1.807) is 18.2 Å². The maximum atomic E-state index is 12.3. The lowest BCUT2D eigenvalue weighted by atomic mass is 10.2. The van der Waals surface area contributed by atoms with E-state index in [-0.39, 0.29) is 11.1 Å². The standard InChI is InChI=1S/C17H15ClN4O4/c1-21-9-11(16(24)22(2)17(21)25)6-10(8-19)15(23)20-12-4-5-14(26-3)13(18)7-12/h4-7,9H,1-3H3,(H,20,23)/b10-6+. The van der Waals surface area contributed by atoms with Crippen LogP contribution in [0.25, 0.3) is 6.08 Å². The number of benzene rings is 1. The van der Waals surface area contributed by atoms with Gasteiger partial charge in [-0.3, -0.25) is 14.2 Å². The Bertz CT molecular complexity index is 1060. The first-order valence-electron chi connectivity index (χ1n) is 7.31. The third kappa shape index (κ3) is 3.84.